The van der Waals surface area contributed by atoms with Crippen LogP contribution in [0.25, 0.3) is 0 Å². The van der Waals surface area contributed by atoms with Crippen molar-refractivity contribution in [2.24, 2.45) is 0 Å². The lowest BCUT2D eigenvalue weighted by molar-refractivity contribution is -0.138. The highest BCUT2D eigenvalue weighted by Gasteiger charge is 2.41. The van der Waals surface area contributed by atoms with Crippen LogP contribution >= 0.6 is 0 Å². The van der Waals surface area contributed by atoms with Crippen LogP contribution in [0.3, 0.4) is 0 Å². The lowest BCUT2D eigenvalue weighted by Crippen LogP contribution is -2.46. The van der Waals surface area contributed by atoms with Gasteiger partial charge in [-0.25, -0.2) is 0 Å². The number of carbonyl (C=O) groups is 1. The minimum atomic E-state index is -4.52. The molecule has 0 saturated carbocycles. The van der Waals surface area contributed by atoms with Gasteiger partial charge >= 0.3 is 6.18 Å². The zero-order chi connectivity index (χ0) is 12.8. The van der Waals surface area contributed by atoms with E-state index in [4.69, 9.17) is 4.74 Å². The van der Waals surface area contributed by atoms with Gasteiger partial charge in [-0.2, -0.15) is 13.2 Å². The number of halogens is 3. The smallest absolute Gasteiger partial charge is 0.418 e. The Bertz CT molecular complexity index is 480. The monoisotopic (exact) mass is 245 g/mol. The van der Waals surface area contributed by atoms with Gasteiger partial charge in [-0.3, -0.25) is 4.79 Å². The van der Waals surface area contributed by atoms with E-state index in [2.05, 4.69) is 5.32 Å². The van der Waals surface area contributed by atoms with Crippen LogP contribution in [-0.2, 0) is 11.0 Å². The van der Waals surface area contributed by atoms with Crippen LogP contribution in [0.1, 0.15) is 19.4 Å². The third-order valence-corrected chi connectivity index (χ3v) is 2.48. The number of para-hydroxylation sites is 1. The Balaban J connectivity index is 2.55. The lowest BCUT2D eigenvalue weighted by atomic mass is 10.0. The van der Waals surface area contributed by atoms with Gasteiger partial charge < -0.3 is 10.1 Å². The highest BCUT2D eigenvalue weighted by Crippen LogP contribution is 2.43. The molecule has 0 fully saturated rings. The van der Waals surface area contributed by atoms with E-state index in [-0.39, 0.29) is 11.4 Å². The Morgan fingerprint density at radius 2 is 1.94 bits per heavy atom. The fraction of sp³-hybridized carbons (Fsp3) is 0.364. The van der Waals surface area contributed by atoms with Gasteiger partial charge in [0, 0.05) is 0 Å². The second kappa shape index (κ2) is 3.38. The molecule has 17 heavy (non-hydrogen) atoms. The maximum Gasteiger partial charge on any atom is 0.418 e. The molecule has 0 aliphatic carbocycles. The molecule has 0 saturated heterocycles. The van der Waals surface area contributed by atoms with Crippen molar-refractivity contribution in [3.63, 3.8) is 0 Å². The molecule has 6 heteroatoms. The second-order valence-corrected chi connectivity index (χ2v) is 4.24. The largest absolute Gasteiger partial charge is 0.476 e. The van der Waals surface area contributed by atoms with Crippen molar-refractivity contribution in [1.29, 1.82) is 0 Å². The summed E-state index contributed by atoms with van der Waals surface area (Å²) in [6.07, 6.45) is -4.52. The van der Waals surface area contributed by atoms with Gasteiger partial charge in [-0.1, -0.05) is 6.07 Å². The maximum absolute atomic E-state index is 12.7. The second-order valence-electron chi connectivity index (χ2n) is 4.24. The molecule has 0 spiro atoms. The number of amides is 1. The Morgan fingerprint density at radius 3 is 2.53 bits per heavy atom. The summed E-state index contributed by atoms with van der Waals surface area (Å²) in [4.78, 5) is 11.6. The van der Waals surface area contributed by atoms with E-state index < -0.39 is 23.2 Å². The lowest BCUT2D eigenvalue weighted by Gasteiger charge is -2.32. The molecule has 1 amide bonds. The van der Waals surface area contributed by atoms with Crippen molar-refractivity contribution in [2.45, 2.75) is 25.6 Å². The average molecular weight is 245 g/mol. The predicted octanol–water partition coefficient (Wildman–Crippen LogP) is 2.81. The van der Waals surface area contributed by atoms with Crippen molar-refractivity contribution in [1.82, 2.24) is 0 Å². The number of ether oxygens (including phenoxy) is 1. The van der Waals surface area contributed by atoms with Crippen LogP contribution in [0.4, 0.5) is 18.9 Å². The van der Waals surface area contributed by atoms with Crippen LogP contribution in [0.15, 0.2) is 18.2 Å². The first-order chi connectivity index (χ1) is 7.72. The summed E-state index contributed by atoms with van der Waals surface area (Å²) in [5.74, 6) is -0.564. The van der Waals surface area contributed by atoms with Crippen molar-refractivity contribution in [2.75, 3.05) is 5.32 Å². The number of hydrogen-bond acceptors (Lipinski definition) is 2. The average Bonchev–Trinajstić information content (AvgIpc) is 2.16. The van der Waals surface area contributed by atoms with Crippen molar-refractivity contribution >= 4 is 11.6 Å². The SMILES string of the molecule is CC1(C)Oc2cccc(C(F)(F)F)c2NC1=O. The summed E-state index contributed by atoms with van der Waals surface area (Å²) >= 11 is 0. The molecule has 1 aliphatic heterocycles. The highest BCUT2D eigenvalue weighted by atomic mass is 19.4. The summed E-state index contributed by atoms with van der Waals surface area (Å²) in [7, 11) is 0. The Hall–Kier alpha value is -1.72. The van der Waals surface area contributed by atoms with Gasteiger partial charge in [0.15, 0.2) is 5.60 Å². The van der Waals surface area contributed by atoms with E-state index in [0.29, 0.717) is 0 Å². The fourth-order valence-electron chi connectivity index (χ4n) is 1.57. The third kappa shape index (κ3) is 1.94. The van der Waals surface area contributed by atoms with E-state index in [1.54, 1.807) is 0 Å². The van der Waals surface area contributed by atoms with Crippen LogP contribution < -0.4 is 10.1 Å². The summed E-state index contributed by atoms with van der Waals surface area (Å²) in [5, 5.41) is 2.24. The van der Waals surface area contributed by atoms with Crippen LogP contribution in [0, 0.1) is 0 Å². The molecule has 0 atom stereocenters. The molecule has 1 N–H and O–H groups in total. The molecule has 0 bridgehead atoms. The quantitative estimate of drug-likeness (QED) is 0.763. The molecule has 3 nitrogen and oxygen atoms in total. The number of rotatable bonds is 0. The third-order valence-electron chi connectivity index (χ3n) is 2.48. The number of fused-ring (bicyclic) bond motifs is 1. The first-order valence-corrected chi connectivity index (χ1v) is 4.92. The molecule has 0 unspecified atom stereocenters. The topological polar surface area (TPSA) is 38.3 Å². The summed E-state index contributed by atoms with van der Waals surface area (Å²) in [6, 6.07) is 3.54. The highest BCUT2D eigenvalue weighted by molar-refractivity contribution is 6.01. The van der Waals surface area contributed by atoms with E-state index in [9.17, 15) is 18.0 Å². The molecule has 0 aromatic heterocycles. The predicted molar refractivity (Wildman–Crippen MR) is 54.8 cm³/mol. The first kappa shape index (κ1) is 11.8. The molecular weight excluding hydrogens is 235 g/mol. The van der Waals surface area contributed by atoms with Crippen LogP contribution in [0.2, 0.25) is 0 Å². The van der Waals surface area contributed by atoms with Crippen molar-refractivity contribution in [3.8, 4) is 5.75 Å². The number of carbonyl (C=O) groups excluding carboxylic acids is 1. The maximum atomic E-state index is 12.7. The molecular formula is C11H10F3NO2. The molecule has 1 aromatic rings. The minimum Gasteiger partial charge on any atom is -0.476 e. The van der Waals surface area contributed by atoms with Crippen molar-refractivity contribution < 1.29 is 22.7 Å². The van der Waals surface area contributed by atoms with Gasteiger partial charge in [0.05, 0.1) is 11.3 Å². The molecule has 2 rings (SSSR count). The Labute approximate surface area is 95.6 Å². The molecule has 1 aliphatic rings. The number of nitrogens with one attached hydrogen (secondary N) is 1. The Morgan fingerprint density at radius 1 is 1.29 bits per heavy atom. The summed E-state index contributed by atoms with van der Waals surface area (Å²) < 4.78 is 43.3. The summed E-state index contributed by atoms with van der Waals surface area (Å²) in [6.45, 7) is 2.98. The zero-order valence-electron chi connectivity index (χ0n) is 9.18. The van der Waals surface area contributed by atoms with Gasteiger partial charge in [0.2, 0.25) is 0 Å². The zero-order valence-corrected chi connectivity index (χ0v) is 9.18. The number of alkyl halides is 3. The number of benzene rings is 1. The van der Waals surface area contributed by atoms with E-state index >= 15 is 0 Å². The minimum absolute atomic E-state index is 0.0319. The molecule has 0 radical (unpaired) electrons. The van der Waals surface area contributed by atoms with Crippen LogP contribution in [-0.4, -0.2) is 11.5 Å². The molecule has 1 heterocycles. The number of anilines is 1. The fourth-order valence-corrected chi connectivity index (χ4v) is 1.57. The van der Waals surface area contributed by atoms with E-state index in [1.807, 2.05) is 0 Å². The van der Waals surface area contributed by atoms with Gasteiger partial charge in [0.25, 0.3) is 5.91 Å². The first-order valence-electron chi connectivity index (χ1n) is 4.92. The van der Waals surface area contributed by atoms with Gasteiger partial charge in [-0.05, 0) is 26.0 Å². The number of hydrogen-bond donors (Lipinski definition) is 1. The normalized spacial score (nSPS) is 18.1. The Kier molecular flexibility index (Phi) is 2.34. The van der Waals surface area contributed by atoms with Gasteiger partial charge in [0.1, 0.15) is 5.75 Å². The standard InChI is InChI=1S/C11H10F3NO2/c1-10(2)9(16)15-8-6(11(12,13)14)4-3-5-7(8)17-10/h3-5H,1-2H3,(H,15,16). The van der Waals surface area contributed by atoms with E-state index in [1.165, 1.54) is 26.0 Å². The van der Waals surface area contributed by atoms with Gasteiger partial charge in [-0.15, -0.1) is 0 Å². The molecule has 1 aromatic carbocycles. The summed E-state index contributed by atoms with van der Waals surface area (Å²) in [5.41, 5.74) is -2.39. The van der Waals surface area contributed by atoms with Crippen LogP contribution in [0.5, 0.6) is 5.75 Å². The van der Waals surface area contributed by atoms with E-state index in [0.717, 1.165) is 6.07 Å². The van der Waals surface area contributed by atoms with Crippen molar-refractivity contribution in [3.05, 3.63) is 23.8 Å². The molecule has 92 valence electrons.